The Kier molecular flexibility index (Phi) is 6.98. The second-order valence-electron chi connectivity index (χ2n) is 8.00. The number of rotatable bonds is 10. The number of hydrogen-bond donors (Lipinski definition) is 1. The van der Waals surface area contributed by atoms with Gasteiger partial charge in [0.25, 0.3) is 0 Å². The number of carbonyl (C=O) groups is 1. The van der Waals surface area contributed by atoms with Crippen molar-refractivity contribution in [3.63, 3.8) is 0 Å². The highest BCUT2D eigenvalue weighted by Crippen LogP contribution is 2.42. The van der Waals surface area contributed by atoms with Crippen molar-refractivity contribution in [1.29, 1.82) is 0 Å². The lowest BCUT2D eigenvalue weighted by atomic mass is 10.0. The van der Waals surface area contributed by atoms with E-state index in [2.05, 4.69) is 23.0 Å². The summed E-state index contributed by atoms with van der Waals surface area (Å²) in [5.41, 5.74) is 4.06. The Morgan fingerprint density at radius 1 is 1.09 bits per heavy atom. The van der Waals surface area contributed by atoms with Crippen molar-refractivity contribution in [3.8, 4) is 28.5 Å². The minimum absolute atomic E-state index is 0.143. The molecule has 1 aromatic carbocycles. The Morgan fingerprint density at radius 3 is 2.61 bits per heavy atom. The predicted molar refractivity (Wildman–Crippen MR) is 126 cm³/mol. The van der Waals surface area contributed by atoms with Gasteiger partial charge in [-0.25, -0.2) is 9.97 Å². The van der Waals surface area contributed by atoms with Gasteiger partial charge in [0.05, 0.1) is 17.4 Å². The molecule has 170 valence electrons. The SMILES string of the molecule is CCc1ccc(-c2c(-c3ccccc3)oc3ncnc(OC(C)CCCCC(=O)O)c23)nc1. The van der Waals surface area contributed by atoms with E-state index in [0.717, 1.165) is 41.6 Å². The van der Waals surface area contributed by atoms with Crippen LogP contribution >= 0.6 is 0 Å². The molecule has 3 aromatic heterocycles. The molecule has 0 saturated carbocycles. The second-order valence-corrected chi connectivity index (χ2v) is 8.00. The average molecular weight is 446 g/mol. The summed E-state index contributed by atoms with van der Waals surface area (Å²) in [5.74, 6) is 0.328. The van der Waals surface area contributed by atoms with Crippen molar-refractivity contribution >= 4 is 17.1 Å². The molecule has 0 aliphatic carbocycles. The van der Waals surface area contributed by atoms with Crippen LogP contribution in [0.2, 0.25) is 0 Å². The van der Waals surface area contributed by atoms with Crippen molar-refractivity contribution in [1.82, 2.24) is 15.0 Å². The number of ether oxygens (including phenoxy) is 1. The molecule has 0 amide bonds. The van der Waals surface area contributed by atoms with Gasteiger partial charge in [-0.15, -0.1) is 0 Å². The molecule has 3 heterocycles. The molecule has 7 nitrogen and oxygen atoms in total. The molecule has 0 fully saturated rings. The van der Waals surface area contributed by atoms with Crippen molar-refractivity contribution in [2.24, 2.45) is 0 Å². The molecule has 0 radical (unpaired) electrons. The van der Waals surface area contributed by atoms with E-state index < -0.39 is 5.97 Å². The van der Waals surface area contributed by atoms with Crippen molar-refractivity contribution < 1.29 is 19.1 Å². The van der Waals surface area contributed by atoms with Gasteiger partial charge in [0.2, 0.25) is 11.6 Å². The van der Waals surface area contributed by atoms with Crippen LogP contribution in [0.5, 0.6) is 5.88 Å². The first-order valence-electron chi connectivity index (χ1n) is 11.2. The maximum atomic E-state index is 10.7. The third kappa shape index (κ3) is 5.19. The zero-order valence-corrected chi connectivity index (χ0v) is 18.8. The Balaban J connectivity index is 1.74. The molecule has 4 aromatic rings. The fraction of sp³-hybridized carbons (Fsp3) is 0.308. The van der Waals surface area contributed by atoms with Gasteiger partial charge < -0.3 is 14.3 Å². The van der Waals surface area contributed by atoms with Crippen LogP contribution in [-0.2, 0) is 11.2 Å². The molecule has 7 heteroatoms. The zero-order valence-electron chi connectivity index (χ0n) is 18.8. The van der Waals surface area contributed by atoms with Gasteiger partial charge in [0, 0.05) is 18.2 Å². The summed E-state index contributed by atoms with van der Waals surface area (Å²) in [6.07, 6.45) is 6.33. The molecule has 0 saturated heterocycles. The van der Waals surface area contributed by atoms with E-state index in [-0.39, 0.29) is 12.5 Å². The Bertz CT molecular complexity index is 1220. The van der Waals surface area contributed by atoms with Crippen LogP contribution in [-0.4, -0.2) is 32.1 Å². The van der Waals surface area contributed by atoms with Gasteiger partial charge in [0.15, 0.2) is 0 Å². The normalized spacial score (nSPS) is 12.1. The molecule has 1 atom stereocenters. The standard InChI is InChI=1S/C26H27N3O4/c1-3-18-13-14-20(27-15-18)22-23-25(32-17(2)9-7-8-12-21(30)31)28-16-29-26(23)33-24(22)19-10-5-4-6-11-19/h4-6,10-11,13-17H,3,7-9,12H2,1-2H3,(H,30,31). The number of carboxylic acid groups (broad SMARTS) is 1. The largest absolute Gasteiger partial charge is 0.481 e. The minimum Gasteiger partial charge on any atom is -0.481 e. The molecular weight excluding hydrogens is 418 g/mol. The molecule has 4 rings (SSSR count). The van der Waals surface area contributed by atoms with E-state index in [1.807, 2.05) is 49.5 Å². The predicted octanol–water partition coefficient (Wildman–Crippen LogP) is 5.93. The van der Waals surface area contributed by atoms with E-state index in [9.17, 15) is 4.79 Å². The van der Waals surface area contributed by atoms with Gasteiger partial charge in [-0.3, -0.25) is 9.78 Å². The zero-order chi connectivity index (χ0) is 23.2. The Labute approximate surface area is 192 Å². The van der Waals surface area contributed by atoms with E-state index in [1.54, 1.807) is 0 Å². The summed E-state index contributed by atoms with van der Waals surface area (Å²) >= 11 is 0. The number of fused-ring (bicyclic) bond motifs is 1. The summed E-state index contributed by atoms with van der Waals surface area (Å²) in [5, 5.41) is 9.52. The lowest BCUT2D eigenvalue weighted by Gasteiger charge is -2.14. The maximum Gasteiger partial charge on any atom is 0.303 e. The molecule has 33 heavy (non-hydrogen) atoms. The summed E-state index contributed by atoms with van der Waals surface area (Å²) in [7, 11) is 0. The highest BCUT2D eigenvalue weighted by atomic mass is 16.5. The lowest BCUT2D eigenvalue weighted by molar-refractivity contribution is -0.137. The fourth-order valence-corrected chi connectivity index (χ4v) is 3.77. The third-order valence-corrected chi connectivity index (χ3v) is 5.54. The summed E-state index contributed by atoms with van der Waals surface area (Å²) in [6, 6.07) is 13.9. The van der Waals surface area contributed by atoms with E-state index in [1.165, 1.54) is 6.33 Å². The first-order chi connectivity index (χ1) is 16.1. The molecule has 0 aliphatic rings. The van der Waals surface area contributed by atoms with E-state index >= 15 is 0 Å². The number of furan rings is 1. The number of unbranched alkanes of at least 4 members (excludes halogenated alkanes) is 1. The third-order valence-electron chi connectivity index (χ3n) is 5.54. The van der Waals surface area contributed by atoms with Gasteiger partial charge >= 0.3 is 5.97 Å². The number of aliphatic carboxylic acids is 1. The molecule has 1 N–H and O–H groups in total. The molecular formula is C26H27N3O4. The van der Waals surface area contributed by atoms with Crippen molar-refractivity contribution in [2.75, 3.05) is 0 Å². The van der Waals surface area contributed by atoms with Gasteiger partial charge in [-0.05, 0) is 44.2 Å². The van der Waals surface area contributed by atoms with Crippen LogP contribution in [0, 0.1) is 0 Å². The summed E-state index contributed by atoms with van der Waals surface area (Å²) < 4.78 is 12.4. The number of hydrogen-bond acceptors (Lipinski definition) is 6. The van der Waals surface area contributed by atoms with Crippen LogP contribution in [0.25, 0.3) is 33.7 Å². The van der Waals surface area contributed by atoms with E-state index in [0.29, 0.717) is 29.2 Å². The Morgan fingerprint density at radius 2 is 1.91 bits per heavy atom. The average Bonchev–Trinajstić information content (AvgIpc) is 3.23. The number of aromatic nitrogens is 3. The fourth-order valence-electron chi connectivity index (χ4n) is 3.77. The molecule has 0 spiro atoms. The first-order valence-corrected chi connectivity index (χ1v) is 11.2. The number of nitrogens with zero attached hydrogens (tertiary/aromatic N) is 3. The highest BCUT2D eigenvalue weighted by molar-refractivity contribution is 6.02. The van der Waals surface area contributed by atoms with Gasteiger partial charge in [0.1, 0.15) is 17.5 Å². The highest BCUT2D eigenvalue weighted by Gasteiger charge is 2.24. The molecule has 0 aliphatic heterocycles. The summed E-state index contributed by atoms with van der Waals surface area (Å²) in [6.45, 7) is 4.05. The topological polar surface area (TPSA) is 98.3 Å². The minimum atomic E-state index is -0.779. The molecule has 1 unspecified atom stereocenters. The van der Waals surface area contributed by atoms with Crippen LogP contribution in [0.3, 0.4) is 0 Å². The second kappa shape index (κ2) is 10.3. The Hall–Kier alpha value is -3.74. The van der Waals surface area contributed by atoms with Crippen LogP contribution in [0.15, 0.2) is 59.4 Å². The van der Waals surface area contributed by atoms with E-state index in [4.69, 9.17) is 19.2 Å². The van der Waals surface area contributed by atoms with Crippen molar-refractivity contribution in [2.45, 2.75) is 52.1 Å². The lowest BCUT2D eigenvalue weighted by Crippen LogP contribution is -2.13. The van der Waals surface area contributed by atoms with Crippen LogP contribution in [0.1, 0.15) is 45.1 Å². The van der Waals surface area contributed by atoms with Crippen LogP contribution in [0.4, 0.5) is 0 Å². The monoisotopic (exact) mass is 445 g/mol. The first kappa shape index (κ1) is 22.5. The number of carboxylic acids is 1. The van der Waals surface area contributed by atoms with Gasteiger partial charge in [-0.2, -0.15) is 0 Å². The maximum absolute atomic E-state index is 10.7. The summed E-state index contributed by atoms with van der Waals surface area (Å²) in [4.78, 5) is 24.2. The number of aryl methyl sites for hydroxylation is 1. The number of pyridine rings is 1. The quantitative estimate of drug-likeness (QED) is 0.302. The van der Waals surface area contributed by atoms with Crippen molar-refractivity contribution in [3.05, 3.63) is 60.6 Å². The molecule has 0 bridgehead atoms. The number of benzene rings is 1. The van der Waals surface area contributed by atoms with Gasteiger partial charge in [-0.1, -0.05) is 43.3 Å². The van der Waals surface area contributed by atoms with Crippen LogP contribution < -0.4 is 4.74 Å². The smallest absolute Gasteiger partial charge is 0.303 e.